The summed E-state index contributed by atoms with van der Waals surface area (Å²) >= 11 is 0. The number of nitrogens with zero attached hydrogens (tertiary/aromatic N) is 1. The summed E-state index contributed by atoms with van der Waals surface area (Å²) in [5.41, 5.74) is 1.09. The molecule has 1 atom stereocenters. The molecule has 0 aromatic carbocycles. The Bertz CT molecular complexity index is 198. The molecule has 2 heteroatoms. The third-order valence-electron chi connectivity index (χ3n) is 1.61. The van der Waals surface area contributed by atoms with E-state index in [9.17, 15) is 0 Å². The zero-order valence-corrected chi connectivity index (χ0v) is 6.95. The highest BCUT2D eigenvalue weighted by Crippen LogP contribution is 2.10. The van der Waals surface area contributed by atoms with E-state index >= 15 is 0 Å². The molecular weight excluding hydrogens is 138 g/mol. The van der Waals surface area contributed by atoms with Gasteiger partial charge in [0.25, 0.3) is 0 Å². The monoisotopic (exact) mass is 151 g/mol. The third-order valence-corrected chi connectivity index (χ3v) is 1.61. The van der Waals surface area contributed by atoms with Gasteiger partial charge in [0, 0.05) is 24.9 Å². The van der Waals surface area contributed by atoms with Crippen molar-refractivity contribution in [1.29, 1.82) is 0 Å². The Morgan fingerprint density at radius 1 is 1.55 bits per heavy atom. The highest BCUT2D eigenvalue weighted by Gasteiger charge is 2.03. The number of rotatable bonds is 3. The maximum atomic E-state index is 5.02. The molecule has 0 aliphatic carbocycles. The normalized spacial score (nSPS) is 12.9. The van der Waals surface area contributed by atoms with Crippen molar-refractivity contribution < 1.29 is 4.74 Å². The lowest BCUT2D eigenvalue weighted by Crippen LogP contribution is -2.03. The summed E-state index contributed by atoms with van der Waals surface area (Å²) in [5.74, 6) is 0.390. The van der Waals surface area contributed by atoms with Gasteiger partial charge in [0.15, 0.2) is 0 Å². The van der Waals surface area contributed by atoms with Gasteiger partial charge in [-0.1, -0.05) is 13.0 Å². The standard InChI is InChI=1S/C9H13NO/c1-8(7-11-2)9-5-3-4-6-10-9/h3-6,8H,7H2,1-2H3. The second-order valence-corrected chi connectivity index (χ2v) is 2.61. The molecular formula is C9H13NO. The van der Waals surface area contributed by atoms with Crippen molar-refractivity contribution in [1.82, 2.24) is 4.98 Å². The van der Waals surface area contributed by atoms with Gasteiger partial charge in [-0.3, -0.25) is 4.98 Å². The van der Waals surface area contributed by atoms with Crippen LogP contribution in [0.4, 0.5) is 0 Å². The molecule has 1 heterocycles. The zero-order valence-electron chi connectivity index (χ0n) is 6.95. The molecule has 1 aromatic heterocycles. The molecule has 1 rings (SSSR count). The van der Waals surface area contributed by atoms with Gasteiger partial charge in [-0.15, -0.1) is 0 Å². The Morgan fingerprint density at radius 3 is 2.91 bits per heavy atom. The van der Waals surface area contributed by atoms with E-state index in [1.165, 1.54) is 0 Å². The average molecular weight is 151 g/mol. The minimum absolute atomic E-state index is 0.390. The smallest absolute Gasteiger partial charge is 0.0543 e. The first kappa shape index (κ1) is 8.21. The molecule has 0 fully saturated rings. The van der Waals surface area contributed by atoms with Gasteiger partial charge in [-0.05, 0) is 12.1 Å². The first-order valence-electron chi connectivity index (χ1n) is 3.74. The SMILES string of the molecule is COCC(C)c1ccccn1. The Morgan fingerprint density at radius 2 is 2.36 bits per heavy atom. The molecule has 11 heavy (non-hydrogen) atoms. The lowest BCUT2D eigenvalue weighted by Gasteiger charge is -2.07. The molecule has 0 aliphatic rings. The summed E-state index contributed by atoms with van der Waals surface area (Å²) in [4.78, 5) is 4.22. The molecule has 0 aliphatic heterocycles. The predicted molar refractivity (Wildman–Crippen MR) is 44.5 cm³/mol. The average Bonchev–Trinajstić information content (AvgIpc) is 2.07. The van der Waals surface area contributed by atoms with Crippen LogP contribution in [0, 0.1) is 0 Å². The zero-order chi connectivity index (χ0) is 8.10. The maximum absolute atomic E-state index is 5.02. The van der Waals surface area contributed by atoms with Crippen LogP contribution < -0.4 is 0 Å². The lowest BCUT2D eigenvalue weighted by atomic mass is 10.1. The second kappa shape index (κ2) is 4.09. The van der Waals surface area contributed by atoms with E-state index in [0.29, 0.717) is 5.92 Å². The van der Waals surface area contributed by atoms with E-state index in [4.69, 9.17) is 4.74 Å². The summed E-state index contributed by atoms with van der Waals surface area (Å²) in [6.45, 7) is 2.84. The minimum Gasteiger partial charge on any atom is -0.384 e. The van der Waals surface area contributed by atoms with E-state index in [1.807, 2.05) is 24.4 Å². The number of methoxy groups -OCH3 is 1. The van der Waals surface area contributed by atoms with Crippen molar-refractivity contribution in [3.05, 3.63) is 30.1 Å². The first-order valence-corrected chi connectivity index (χ1v) is 3.74. The van der Waals surface area contributed by atoms with Gasteiger partial charge in [0.05, 0.1) is 6.61 Å². The highest BCUT2D eigenvalue weighted by atomic mass is 16.5. The first-order chi connectivity index (χ1) is 5.34. The minimum atomic E-state index is 0.390. The van der Waals surface area contributed by atoms with Crippen molar-refractivity contribution >= 4 is 0 Å². The van der Waals surface area contributed by atoms with Crippen LogP contribution in [0.25, 0.3) is 0 Å². The molecule has 0 saturated carbocycles. The molecule has 60 valence electrons. The van der Waals surface area contributed by atoms with Crippen LogP contribution in [0.1, 0.15) is 18.5 Å². The van der Waals surface area contributed by atoms with Gasteiger partial charge in [0.1, 0.15) is 0 Å². The Kier molecular flexibility index (Phi) is 3.05. The van der Waals surface area contributed by atoms with Crippen LogP contribution in [0.3, 0.4) is 0 Å². The molecule has 0 saturated heterocycles. The molecule has 0 N–H and O–H groups in total. The van der Waals surface area contributed by atoms with Crippen LogP contribution in [-0.2, 0) is 4.74 Å². The summed E-state index contributed by atoms with van der Waals surface area (Å²) in [5, 5.41) is 0. The summed E-state index contributed by atoms with van der Waals surface area (Å²) in [7, 11) is 1.71. The number of pyridine rings is 1. The number of aromatic nitrogens is 1. The Hall–Kier alpha value is -0.890. The number of ether oxygens (including phenoxy) is 1. The molecule has 1 aromatic rings. The molecule has 0 amide bonds. The number of hydrogen-bond donors (Lipinski definition) is 0. The van der Waals surface area contributed by atoms with E-state index in [0.717, 1.165) is 12.3 Å². The summed E-state index contributed by atoms with van der Waals surface area (Å²) in [6, 6.07) is 5.93. The number of hydrogen-bond acceptors (Lipinski definition) is 2. The fraction of sp³-hybridized carbons (Fsp3) is 0.444. The largest absolute Gasteiger partial charge is 0.384 e. The van der Waals surface area contributed by atoms with Crippen LogP contribution in [0.2, 0.25) is 0 Å². The van der Waals surface area contributed by atoms with E-state index in [1.54, 1.807) is 7.11 Å². The molecule has 2 nitrogen and oxygen atoms in total. The van der Waals surface area contributed by atoms with Crippen molar-refractivity contribution in [3.63, 3.8) is 0 Å². The topological polar surface area (TPSA) is 22.1 Å². The van der Waals surface area contributed by atoms with Gasteiger partial charge >= 0.3 is 0 Å². The molecule has 1 unspecified atom stereocenters. The Labute approximate surface area is 67.2 Å². The fourth-order valence-electron chi connectivity index (χ4n) is 1.00. The second-order valence-electron chi connectivity index (χ2n) is 2.61. The molecule has 0 radical (unpaired) electrons. The summed E-state index contributed by atoms with van der Waals surface area (Å²) in [6.07, 6.45) is 1.81. The van der Waals surface area contributed by atoms with Crippen LogP contribution in [0.5, 0.6) is 0 Å². The molecule has 0 spiro atoms. The quantitative estimate of drug-likeness (QED) is 0.657. The van der Waals surface area contributed by atoms with Crippen LogP contribution in [-0.4, -0.2) is 18.7 Å². The molecule has 0 bridgehead atoms. The Balaban J connectivity index is 2.61. The highest BCUT2D eigenvalue weighted by molar-refractivity contribution is 5.08. The van der Waals surface area contributed by atoms with Crippen molar-refractivity contribution in [2.45, 2.75) is 12.8 Å². The van der Waals surface area contributed by atoms with Gasteiger partial charge in [-0.25, -0.2) is 0 Å². The van der Waals surface area contributed by atoms with E-state index < -0.39 is 0 Å². The van der Waals surface area contributed by atoms with Crippen molar-refractivity contribution in [2.75, 3.05) is 13.7 Å². The fourth-order valence-corrected chi connectivity index (χ4v) is 1.00. The van der Waals surface area contributed by atoms with Gasteiger partial charge in [0.2, 0.25) is 0 Å². The van der Waals surface area contributed by atoms with Gasteiger partial charge < -0.3 is 4.74 Å². The summed E-state index contributed by atoms with van der Waals surface area (Å²) < 4.78 is 5.02. The van der Waals surface area contributed by atoms with Crippen molar-refractivity contribution in [3.8, 4) is 0 Å². The van der Waals surface area contributed by atoms with Crippen LogP contribution in [0.15, 0.2) is 24.4 Å². The van der Waals surface area contributed by atoms with Crippen LogP contribution >= 0.6 is 0 Å². The van der Waals surface area contributed by atoms with E-state index in [2.05, 4.69) is 11.9 Å². The van der Waals surface area contributed by atoms with Crippen molar-refractivity contribution in [2.24, 2.45) is 0 Å². The maximum Gasteiger partial charge on any atom is 0.0543 e. The predicted octanol–water partition coefficient (Wildman–Crippen LogP) is 1.83. The lowest BCUT2D eigenvalue weighted by molar-refractivity contribution is 0.183. The third kappa shape index (κ3) is 2.31. The van der Waals surface area contributed by atoms with Gasteiger partial charge in [-0.2, -0.15) is 0 Å². The van der Waals surface area contributed by atoms with E-state index in [-0.39, 0.29) is 0 Å².